The van der Waals surface area contributed by atoms with Gasteiger partial charge in [-0.2, -0.15) is 0 Å². The van der Waals surface area contributed by atoms with Gasteiger partial charge in [0.1, 0.15) is 6.04 Å². The molecule has 1 atom stereocenters. The monoisotopic (exact) mass is 270 g/mol. The molecule has 0 bridgehead atoms. The molecule has 19 heavy (non-hydrogen) atoms. The molecule has 1 aliphatic rings. The van der Waals surface area contributed by atoms with Gasteiger partial charge in [-0.15, -0.1) is 0 Å². The summed E-state index contributed by atoms with van der Waals surface area (Å²) in [4.78, 5) is 23.0. The molecule has 1 amide bonds. The third-order valence-electron chi connectivity index (χ3n) is 3.66. The van der Waals surface area contributed by atoms with E-state index in [9.17, 15) is 9.59 Å². The average Bonchev–Trinajstić information content (AvgIpc) is 2.33. The Morgan fingerprint density at radius 3 is 2.37 bits per heavy atom. The SMILES string of the molecule is CC(C)(C)[C@H](NC(=O)CCC1CCNCC1)C(=O)O. The molecule has 1 heterocycles. The lowest BCUT2D eigenvalue weighted by Gasteiger charge is -2.28. The quantitative estimate of drug-likeness (QED) is 0.705. The maximum atomic E-state index is 11.9. The minimum absolute atomic E-state index is 0.152. The number of carboxylic acid groups (broad SMARTS) is 1. The molecule has 0 saturated carbocycles. The van der Waals surface area contributed by atoms with E-state index in [-0.39, 0.29) is 5.91 Å². The van der Waals surface area contributed by atoms with Crippen LogP contribution in [0, 0.1) is 11.3 Å². The van der Waals surface area contributed by atoms with E-state index in [1.165, 1.54) is 0 Å². The van der Waals surface area contributed by atoms with Crippen LogP contribution in [-0.4, -0.2) is 36.1 Å². The van der Waals surface area contributed by atoms with Crippen LogP contribution >= 0.6 is 0 Å². The zero-order valence-corrected chi connectivity index (χ0v) is 12.2. The molecule has 0 aromatic rings. The molecule has 0 unspecified atom stereocenters. The van der Waals surface area contributed by atoms with Crippen molar-refractivity contribution in [3.8, 4) is 0 Å². The van der Waals surface area contributed by atoms with Gasteiger partial charge in [0.2, 0.25) is 5.91 Å². The minimum Gasteiger partial charge on any atom is -0.480 e. The number of carbonyl (C=O) groups excluding carboxylic acids is 1. The van der Waals surface area contributed by atoms with E-state index in [0.717, 1.165) is 32.4 Å². The van der Waals surface area contributed by atoms with Crippen molar-refractivity contribution in [2.75, 3.05) is 13.1 Å². The summed E-state index contributed by atoms with van der Waals surface area (Å²) in [5, 5.41) is 15.1. The Hall–Kier alpha value is -1.10. The second-order valence-electron chi connectivity index (χ2n) is 6.44. The number of piperidine rings is 1. The second kappa shape index (κ2) is 6.89. The molecule has 0 aromatic heterocycles. The van der Waals surface area contributed by atoms with E-state index in [1.807, 2.05) is 20.8 Å². The van der Waals surface area contributed by atoms with Crippen molar-refractivity contribution in [3.63, 3.8) is 0 Å². The van der Waals surface area contributed by atoms with Crippen molar-refractivity contribution >= 4 is 11.9 Å². The first-order valence-electron chi connectivity index (χ1n) is 7.03. The van der Waals surface area contributed by atoms with E-state index in [1.54, 1.807) is 0 Å². The fourth-order valence-electron chi connectivity index (χ4n) is 2.39. The molecular formula is C14H26N2O3. The highest BCUT2D eigenvalue weighted by atomic mass is 16.4. The molecule has 1 aliphatic heterocycles. The summed E-state index contributed by atoms with van der Waals surface area (Å²) in [5.74, 6) is -0.534. The topological polar surface area (TPSA) is 78.4 Å². The first-order chi connectivity index (χ1) is 8.80. The van der Waals surface area contributed by atoms with Crippen molar-refractivity contribution < 1.29 is 14.7 Å². The van der Waals surface area contributed by atoms with Gasteiger partial charge in [0, 0.05) is 6.42 Å². The minimum atomic E-state index is -0.970. The summed E-state index contributed by atoms with van der Waals surface area (Å²) in [7, 11) is 0. The van der Waals surface area contributed by atoms with Crippen LogP contribution in [0.3, 0.4) is 0 Å². The van der Waals surface area contributed by atoms with Gasteiger partial charge < -0.3 is 15.7 Å². The van der Waals surface area contributed by atoms with Crippen molar-refractivity contribution in [1.29, 1.82) is 0 Å². The third-order valence-corrected chi connectivity index (χ3v) is 3.66. The van der Waals surface area contributed by atoms with Crippen LogP contribution in [0.4, 0.5) is 0 Å². The van der Waals surface area contributed by atoms with Crippen molar-refractivity contribution in [1.82, 2.24) is 10.6 Å². The van der Waals surface area contributed by atoms with Gasteiger partial charge >= 0.3 is 5.97 Å². The maximum absolute atomic E-state index is 11.9. The van der Waals surface area contributed by atoms with Gasteiger partial charge in [0.25, 0.3) is 0 Å². The van der Waals surface area contributed by atoms with Crippen LogP contribution < -0.4 is 10.6 Å². The van der Waals surface area contributed by atoms with Crippen molar-refractivity contribution in [3.05, 3.63) is 0 Å². The van der Waals surface area contributed by atoms with Gasteiger partial charge in [-0.05, 0) is 43.7 Å². The largest absolute Gasteiger partial charge is 0.480 e. The highest BCUT2D eigenvalue weighted by Crippen LogP contribution is 2.21. The summed E-state index contributed by atoms with van der Waals surface area (Å²) >= 11 is 0. The normalized spacial score (nSPS) is 18.9. The average molecular weight is 270 g/mol. The number of carboxylic acids is 1. The fourth-order valence-corrected chi connectivity index (χ4v) is 2.39. The Balaban J connectivity index is 2.38. The van der Waals surface area contributed by atoms with Crippen molar-refractivity contribution in [2.24, 2.45) is 11.3 Å². The molecular weight excluding hydrogens is 244 g/mol. The van der Waals surface area contributed by atoms with Crippen LogP contribution in [0.25, 0.3) is 0 Å². The highest BCUT2D eigenvalue weighted by molar-refractivity contribution is 5.84. The lowest BCUT2D eigenvalue weighted by Crippen LogP contribution is -2.49. The summed E-state index contributed by atoms with van der Waals surface area (Å²) in [6.45, 7) is 7.49. The standard InChI is InChI=1S/C14H26N2O3/c1-14(2,3)12(13(18)19)16-11(17)5-4-10-6-8-15-9-7-10/h10,12,15H,4-9H2,1-3H3,(H,16,17)(H,18,19)/t12-/m1/s1. The van der Waals surface area contributed by atoms with Gasteiger partial charge in [0.05, 0.1) is 0 Å². The van der Waals surface area contributed by atoms with Crippen LogP contribution in [0.5, 0.6) is 0 Å². The molecule has 1 fully saturated rings. The van der Waals surface area contributed by atoms with E-state index in [2.05, 4.69) is 10.6 Å². The molecule has 0 aromatic carbocycles. The van der Waals surface area contributed by atoms with E-state index in [4.69, 9.17) is 5.11 Å². The Bertz CT molecular complexity index is 317. The number of rotatable bonds is 5. The maximum Gasteiger partial charge on any atom is 0.326 e. The van der Waals surface area contributed by atoms with Crippen molar-refractivity contribution in [2.45, 2.75) is 52.5 Å². The number of aliphatic carboxylic acids is 1. The van der Waals surface area contributed by atoms with Gasteiger partial charge in [-0.1, -0.05) is 20.8 Å². The van der Waals surface area contributed by atoms with E-state index >= 15 is 0 Å². The predicted molar refractivity (Wildman–Crippen MR) is 73.8 cm³/mol. The van der Waals surface area contributed by atoms with Crippen LogP contribution in [0.2, 0.25) is 0 Å². The number of hydrogen-bond acceptors (Lipinski definition) is 3. The summed E-state index contributed by atoms with van der Waals surface area (Å²) < 4.78 is 0. The zero-order valence-electron chi connectivity index (χ0n) is 12.2. The van der Waals surface area contributed by atoms with Crippen LogP contribution in [0.15, 0.2) is 0 Å². The van der Waals surface area contributed by atoms with Gasteiger partial charge in [-0.3, -0.25) is 4.79 Å². The number of nitrogens with one attached hydrogen (secondary N) is 2. The number of amides is 1. The molecule has 0 radical (unpaired) electrons. The molecule has 0 spiro atoms. The smallest absolute Gasteiger partial charge is 0.326 e. The summed E-state index contributed by atoms with van der Waals surface area (Å²) in [6.07, 6.45) is 3.48. The number of hydrogen-bond donors (Lipinski definition) is 3. The van der Waals surface area contributed by atoms with Gasteiger partial charge in [0.15, 0.2) is 0 Å². The molecule has 5 heteroatoms. The molecule has 1 rings (SSSR count). The first kappa shape index (κ1) is 16.0. The Morgan fingerprint density at radius 1 is 1.32 bits per heavy atom. The molecule has 110 valence electrons. The zero-order chi connectivity index (χ0) is 14.5. The fraction of sp³-hybridized carbons (Fsp3) is 0.857. The first-order valence-corrected chi connectivity index (χ1v) is 7.03. The summed E-state index contributed by atoms with van der Waals surface area (Å²) in [5.41, 5.74) is -0.476. The molecule has 3 N–H and O–H groups in total. The van der Waals surface area contributed by atoms with E-state index in [0.29, 0.717) is 12.3 Å². The summed E-state index contributed by atoms with van der Waals surface area (Å²) in [6, 6.07) is -0.826. The number of carbonyl (C=O) groups is 2. The Labute approximate surface area is 115 Å². The van der Waals surface area contributed by atoms with Crippen LogP contribution in [-0.2, 0) is 9.59 Å². The Kier molecular flexibility index (Phi) is 5.79. The third kappa shape index (κ3) is 5.59. The second-order valence-corrected chi connectivity index (χ2v) is 6.44. The molecule has 0 aliphatic carbocycles. The van der Waals surface area contributed by atoms with Gasteiger partial charge in [-0.25, -0.2) is 4.79 Å². The molecule has 5 nitrogen and oxygen atoms in total. The lowest BCUT2D eigenvalue weighted by molar-refractivity contribution is -0.145. The highest BCUT2D eigenvalue weighted by Gasteiger charge is 2.32. The molecule has 1 saturated heterocycles. The lowest BCUT2D eigenvalue weighted by atomic mass is 9.86. The van der Waals surface area contributed by atoms with Crippen LogP contribution in [0.1, 0.15) is 46.5 Å². The predicted octanol–water partition coefficient (Wildman–Crippen LogP) is 1.38. The Morgan fingerprint density at radius 2 is 1.89 bits per heavy atom. The van der Waals surface area contributed by atoms with E-state index < -0.39 is 17.4 Å².